The molecule has 0 aromatic carbocycles. The van der Waals surface area contributed by atoms with Gasteiger partial charge in [-0.05, 0) is 32.4 Å². The van der Waals surface area contributed by atoms with Crippen LogP contribution in [0.4, 0.5) is 5.95 Å². The summed E-state index contributed by atoms with van der Waals surface area (Å²) >= 11 is 0. The lowest BCUT2D eigenvalue weighted by Gasteiger charge is -2.18. The molecule has 0 aliphatic rings. The third kappa shape index (κ3) is 4.42. The molecule has 4 rings (SSSR count). The Labute approximate surface area is 181 Å². The number of hydrogen-bond acceptors (Lipinski definition) is 8. The van der Waals surface area contributed by atoms with E-state index in [0.717, 1.165) is 47.6 Å². The molecule has 0 radical (unpaired) electrons. The highest BCUT2D eigenvalue weighted by molar-refractivity contribution is 5.78. The molecule has 0 saturated carbocycles. The van der Waals surface area contributed by atoms with Gasteiger partial charge >= 0.3 is 0 Å². The Balaban J connectivity index is 1.72. The van der Waals surface area contributed by atoms with Crippen LogP contribution >= 0.6 is 0 Å². The van der Waals surface area contributed by atoms with Gasteiger partial charge in [0.25, 0.3) is 0 Å². The summed E-state index contributed by atoms with van der Waals surface area (Å²) in [4.78, 5) is 24.8. The van der Waals surface area contributed by atoms with Crippen LogP contribution in [0.5, 0.6) is 0 Å². The van der Waals surface area contributed by atoms with E-state index in [1.165, 1.54) is 0 Å². The third-order valence-corrected chi connectivity index (χ3v) is 5.15. The van der Waals surface area contributed by atoms with Crippen LogP contribution in [0.15, 0.2) is 47.5 Å². The summed E-state index contributed by atoms with van der Waals surface area (Å²) in [7, 11) is 1.97. The minimum Gasteiger partial charge on any atom is -0.356 e. The Hall–Kier alpha value is -3.68. The monoisotopic (exact) mass is 415 g/mol. The summed E-state index contributed by atoms with van der Waals surface area (Å²) < 4.78 is 5.66. The minimum atomic E-state index is 0.603. The normalized spacial score (nSPS) is 11.0. The van der Waals surface area contributed by atoms with Gasteiger partial charge in [-0.3, -0.25) is 15.0 Å². The highest BCUT2D eigenvalue weighted by Gasteiger charge is 2.21. The minimum absolute atomic E-state index is 0.603. The molecule has 0 unspecified atom stereocenters. The fourth-order valence-electron chi connectivity index (χ4n) is 3.38. The van der Waals surface area contributed by atoms with Gasteiger partial charge in [-0.15, -0.1) is 0 Å². The van der Waals surface area contributed by atoms with E-state index in [1.807, 2.05) is 44.0 Å². The molecule has 0 aliphatic carbocycles. The summed E-state index contributed by atoms with van der Waals surface area (Å²) in [6.45, 7) is 6.66. The van der Waals surface area contributed by atoms with Gasteiger partial charge < -0.3 is 9.42 Å². The zero-order chi connectivity index (χ0) is 21.8. The lowest BCUT2D eigenvalue weighted by molar-refractivity contribution is 0.426. The molecule has 8 heteroatoms. The van der Waals surface area contributed by atoms with Crippen molar-refractivity contribution < 1.29 is 4.52 Å². The number of aromatic nitrogens is 6. The van der Waals surface area contributed by atoms with Gasteiger partial charge in [-0.25, -0.2) is 9.97 Å². The molecule has 31 heavy (non-hydrogen) atoms. The van der Waals surface area contributed by atoms with Crippen LogP contribution < -0.4 is 4.90 Å². The summed E-state index contributed by atoms with van der Waals surface area (Å²) in [5, 5.41) is 4.15. The highest BCUT2D eigenvalue weighted by Crippen LogP contribution is 2.33. The number of rotatable bonds is 7. The van der Waals surface area contributed by atoms with Crippen LogP contribution in [0.1, 0.15) is 29.6 Å². The van der Waals surface area contributed by atoms with Gasteiger partial charge in [0.1, 0.15) is 11.4 Å². The van der Waals surface area contributed by atoms with E-state index < -0.39 is 0 Å². The Morgan fingerprint density at radius 1 is 1.00 bits per heavy atom. The Bertz CT molecular complexity index is 1160. The zero-order valence-electron chi connectivity index (χ0n) is 18.2. The van der Waals surface area contributed by atoms with Crippen molar-refractivity contribution in [1.29, 1.82) is 0 Å². The van der Waals surface area contributed by atoms with Crippen LogP contribution in [0, 0.1) is 13.8 Å². The SMILES string of the molecule is CCc1c(C)noc1-c1cnc(N(C)CCc2ccccn2)nc1-c1cnc(C)cn1. The lowest BCUT2D eigenvalue weighted by atomic mass is 10.0. The first kappa shape index (κ1) is 20.6. The second kappa shape index (κ2) is 8.99. The Kier molecular flexibility index (Phi) is 5.97. The lowest BCUT2D eigenvalue weighted by Crippen LogP contribution is -2.23. The van der Waals surface area contributed by atoms with Crippen molar-refractivity contribution in [3.8, 4) is 22.7 Å². The first-order valence-electron chi connectivity index (χ1n) is 10.3. The molecular weight excluding hydrogens is 390 g/mol. The fourth-order valence-corrected chi connectivity index (χ4v) is 3.38. The zero-order valence-corrected chi connectivity index (χ0v) is 18.2. The molecule has 4 aromatic heterocycles. The molecule has 0 bridgehead atoms. The van der Waals surface area contributed by atoms with Gasteiger partial charge in [0, 0.05) is 49.9 Å². The predicted octanol–water partition coefficient (Wildman–Crippen LogP) is 3.84. The molecule has 158 valence electrons. The van der Waals surface area contributed by atoms with Gasteiger partial charge in [-0.2, -0.15) is 0 Å². The second-order valence-electron chi connectivity index (χ2n) is 7.40. The second-order valence-corrected chi connectivity index (χ2v) is 7.40. The van der Waals surface area contributed by atoms with Gasteiger partial charge in [0.05, 0.1) is 23.1 Å². The average Bonchev–Trinajstić information content (AvgIpc) is 3.18. The highest BCUT2D eigenvalue weighted by atomic mass is 16.5. The van der Waals surface area contributed by atoms with Crippen molar-refractivity contribution >= 4 is 5.95 Å². The first-order chi connectivity index (χ1) is 15.1. The Morgan fingerprint density at radius 3 is 2.58 bits per heavy atom. The largest absolute Gasteiger partial charge is 0.356 e. The number of pyridine rings is 1. The molecular formula is C23H25N7O. The summed E-state index contributed by atoms with van der Waals surface area (Å²) in [5.41, 5.74) is 5.89. The van der Waals surface area contributed by atoms with E-state index in [0.29, 0.717) is 23.1 Å². The number of aryl methyl sites for hydroxylation is 2. The molecule has 4 heterocycles. The smallest absolute Gasteiger partial charge is 0.225 e. The number of nitrogens with zero attached hydrogens (tertiary/aromatic N) is 7. The molecule has 4 aromatic rings. The van der Waals surface area contributed by atoms with Crippen LogP contribution in [-0.4, -0.2) is 43.7 Å². The maximum absolute atomic E-state index is 5.66. The van der Waals surface area contributed by atoms with Crippen LogP contribution in [-0.2, 0) is 12.8 Å². The standard InChI is InChI=1S/C23H25N7O/c1-5-18-16(3)29-31-22(18)19-13-27-23(28-21(19)20-14-25-15(2)12-26-20)30(4)11-9-17-8-6-7-10-24-17/h6-8,10,12-14H,5,9,11H2,1-4H3. The first-order valence-corrected chi connectivity index (χ1v) is 10.3. The third-order valence-electron chi connectivity index (χ3n) is 5.15. The van der Waals surface area contributed by atoms with Crippen molar-refractivity contribution in [2.75, 3.05) is 18.5 Å². The molecule has 0 saturated heterocycles. The van der Waals surface area contributed by atoms with Gasteiger partial charge in [0.15, 0.2) is 5.76 Å². The van der Waals surface area contributed by atoms with Crippen molar-refractivity contribution in [3.05, 3.63) is 65.6 Å². The number of anilines is 1. The average molecular weight is 416 g/mol. The van der Waals surface area contributed by atoms with Gasteiger partial charge in [-0.1, -0.05) is 18.1 Å². The van der Waals surface area contributed by atoms with E-state index in [9.17, 15) is 0 Å². The topological polar surface area (TPSA) is 93.7 Å². The van der Waals surface area contributed by atoms with Gasteiger partial charge in [0.2, 0.25) is 5.95 Å². The molecule has 0 N–H and O–H groups in total. The summed E-state index contributed by atoms with van der Waals surface area (Å²) in [5.74, 6) is 1.28. The van der Waals surface area contributed by atoms with Crippen molar-refractivity contribution in [1.82, 2.24) is 30.1 Å². The predicted molar refractivity (Wildman–Crippen MR) is 119 cm³/mol. The molecule has 0 atom stereocenters. The maximum Gasteiger partial charge on any atom is 0.225 e. The van der Waals surface area contributed by atoms with Crippen molar-refractivity contribution in [3.63, 3.8) is 0 Å². The van der Waals surface area contributed by atoms with Crippen LogP contribution in [0.25, 0.3) is 22.7 Å². The summed E-state index contributed by atoms with van der Waals surface area (Å²) in [6.07, 6.45) is 8.65. The van der Waals surface area contributed by atoms with E-state index in [-0.39, 0.29) is 0 Å². The molecule has 0 fully saturated rings. The number of likely N-dealkylation sites (N-methyl/N-ethyl adjacent to an activating group) is 1. The fraction of sp³-hybridized carbons (Fsp3) is 0.304. The maximum atomic E-state index is 5.66. The van der Waals surface area contributed by atoms with Crippen LogP contribution in [0.3, 0.4) is 0 Å². The molecule has 8 nitrogen and oxygen atoms in total. The molecule has 0 amide bonds. The van der Waals surface area contributed by atoms with Crippen molar-refractivity contribution in [2.24, 2.45) is 0 Å². The quantitative estimate of drug-likeness (QED) is 0.449. The Morgan fingerprint density at radius 2 is 1.87 bits per heavy atom. The van der Waals surface area contributed by atoms with E-state index in [2.05, 4.69) is 32.0 Å². The summed E-state index contributed by atoms with van der Waals surface area (Å²) in [6, 6.07) is 5.93. The van der Waals surface area contributed by atoms with Crippen molar-refractivity contribution in [2.45, 2.75) is 33.6 Å². The van der Waals surface area contributed by atoms with E-state index in [1.54, 1.807) is 24.8 Å². The molecule has 0 aliphatic heterocycles. The number of hydrogen-bond donors (Lipinski definition) is 0. The van der Waals surface area contributed by atoms with Crippen LogP contribution in [0.2, 0.25) is 0 Å². The van der Waals surface area contributed by atoms with E-state index >= 15 is 0 Å². The molecule has 0 spiro atoms. The van der Waals surface area contributed by atoms with E-state index in [4.69, 9.17) is 9.51 Å².